The number of hydrogen-bond acceptors (Lipinski definition) is 4. The van der Waals surface area contributed by atoms with Crippen molar-refractivity contribution in [2.45, 2.75) is 13.8 Å². The molecule has 0 aliphatic heterocycles. The highest BCUT2D eigenvalue weighted by Crippen LogP contribution is 2.28. The molecule has 21 heavy (non-hydrogen) atoms. The van der Waals surface area contributed by atoms with Crippen LogP contribution in [0.4, 0.5) is 4.39 Å². The van der Waals surface area contributed by atoms with Crippen molar-refractivity contribution in [2.24, 2.45) is 0 Å². The van der Waals surface area contributed by atoms with E-state index in [4.69, 9.17) is 4.42 Å². The number of aldehydes is 1. The second-order valence-corrected chi connectivity index (χ2v) is 4.70. The maximum atomic E-state index is 12.9. The monoisotopic (exact) mass is 285 g/mol. The molecule has 0 amide bonds. The zero-order valence-electron chi connectivity index (χ0n) is 11.5. The van der Waals surface area contributed by atoms with Crippen molar-refractivity contribution in [1.82, 2.24) is 15.2 Å². The van der Waals surface area contributed by atoms with E-state index in [1.807, 2.05) is 6.92 Å². The van der Waals surface area contributed by atoms with Gasteiger partial charge in [0.15, 0.2) is 6.29 Å². The van der Waals surface area contributed by atoms with Crippen molar-refractivity contribution < 1.29 is 13.6 Å². The molecule has 2 heterocycles. The largest absolute Gasteiger partial charge is 0.415 e. The molecule has 106 valence electrons. The molecule has 1 N–H and O–H groups in total. The van der Waals surface area contributed by atoms with Crippen LogP contribution < -0.4 is 0 Å². The number of aromatic nitrogens is 3. The van der Waals surface area contributed by atoms with Crippen LogP contribution in [0.25, 0.3) is 23.0 Å². The first-order chi connectivity index (χ1) is 10.1. The lowest BCUT2D eigenvalue weighted by molar-refractivity contribution is 0.112. The second kappa shape index (κ2) is 4.97. The summed E-state index contributed by atoms with van der Waals surface area (Å²) >= 11 is 0. The van der Waals surface area contributed by atoms with E-state index in [9.17, 15) is 9.18 Å². The fourth-order valence-corrected chi connectivity index (χ4v) is 2.19. The molecule has 2 aromatic heterocycles. The van der Waals surface area contributed by atoms with Crippen LogP contribution in [-0.4, -0.2) is 21.5 Å². The molecule has 3 rings (SSSR count). The summed E-state index contributed by atoms with van der Waals surface area (Å²) in [6.45, 7) is 3.61. The highest BCUT2D eigenvalue weighted by atomic mass is 19.1. The third kappa shape index (κ3) is 2.24. The van der Waals surface area contributed by atoms with Crippen molar-refractivity contribution in [3.05, 3.63) is 46.9 Å². The van der Waals surface area contributed by atoms with Gasteiger partial charge in [-0.3, -0.25) is 4.79 Å². The molecule has 0 radical (unpaired) electrons. The highest BCUT2D eigenvalue weighted by molar-refractivity contribution is 5.82. The second-order valence-electron chi connectivity index (χ2n) is 4.70. The molecule has 0 atom stereocenters. The number of benzene rings is 1. The van der Waals surface area contributed by atoms with Crippen LogP contribution in [0.5, 0.6) is 0 Å². The van der Waals surface area contributed by atoms with Gasteiger partial charge in [-0.15, -0.1) is 10.2 Å². The minimum Gasteiger partial charge on any atom is -0.415 e. The first kappa shape index (κ1) is 13.2. The van der Waals surface area contributed by atoms with Crippen LogP contribution in [0.15, 0.2) is 28.7 Å². The molecule has 0 aliphatic carbocycles. The lowest BCUT2D eigenvalue weighted by Gasteiger charge is -1.95. The molecule has 3 aromatic rings. The van der Waals surface area contributed by atoms with Crippen LogP contribution in [0.1, 0.15) is 21.6 Å². The molecule has 5 nitrogen and oxygen atoms in total. The summed E-state index contributed by atoms with van der Waals surface area (Å²) in [7, 11) is 0. The lowest BCUT2D eigenvalue weighted by Crippen LogP contribution is -1.83. The zero-order valence-corrected chi connectivity index (χ0v) is 11.5. The Balaban J connectivity index is 2.02. The van der Waals surface area contributed by atoms with Crippen LogP contribution >= 0.6 is 0 Å². The maximum Gasteiger partial charge on any atom is 0.264 e. The van der Waals surface area contributed by atoms with Crippen LogP contribution in [0.2, 0.25) is 0 Å². The Morgan fingerprint density at radius 3 is 2.43 bits per heavy atom. The van der Waals surface area contributed by atoms with E-state index >= 15 is 0 Å². The van der Waals surface area contributed by atoms with Gasteiger partial charge in [-0.2, -0.15) is 0 Å². The van der Waals surface area contributed by atoms with E-state index in [-0.39, 0.29) is 5.82 Å². The van der Waals surface area contributed by atoms with Gasteiger partial charge in [-0.25, -0.2) is 4.39 Å². The zero-order chi connectivity index (χ0) is 15.0. The van der Waals surface area contributed by atoms with Crippen molar-refractivity contribution in [1.29, 1.82) is 0 Å². The molecule has 6 heteroatoms. The first-order valence-electron chi connectivity index (χ1n) is 6.34. The number of H-pyrrole nitrogens is 1. The Morgan fingerprint density at radius 1 is 1.14 bits per heavy atom. The summed E-state index contributed by atoms with van der Waals surface area (Å²) < 4.78 is 18.5. The lowest BCUT2D eigenvalue weighted by atomic mass is 10.1. The van der Waals surface area contributed by atoms with E-state index in [1.165, 1.54) is 12.1 Å². The predicted octanol–water partition coefficient (Wildman–Crippen LogP) is 3.30. The van der Waals surface area contributed by atoms with Gasteiger partial charge in [0.1, 0.15) is 11.5 Å². The number of aromatic amines is 1. The molecule has 0 saturated heterocycles. The Morgan fingerprint density at radius 2 is 1.81 bits per heavy atom. The van der Waals surface area contributed by atoms with Gasteiger partial charge in [0.2, 0.25) is 5.89 Å². The van der Waals surface area contributed by atoms with Crippen molar-refractivity contribution in [2.75, 3.05) is 0 Å². The summed E-state index contributed by atoms with van der Waals surface area (Å²) in [5, 5.41) is 7.93. The fourth-order valence-electron chi connectivity index (χ4n) is 2.19. The normalized spacial score (nSPS) is 10.8. The number of rotatable bonds is 3. The molecule has 0 spiro atoms. The molecule has 0 saturated carbocycles. The Labute approximate surface area is 119 Å². The number of nitrogens with zero attached hydrogens (tertiary/aromatic N) is 2. The fraction of sp³-hybridized carbons (Fsp3) is 0.133. The SMILES string of the molecule is Cc1[nH]c(-c2nnc(-c3ccc(F)cc3)o2)c(C)c1C=O. The van der Waals surface area contributed by atoms with Crippen LogP contribution in [0.3, 0.4) is 0 Å². The maximum absolute atomic E-state index is 12.9. The molecule has 0 fully saturated rings. The number of aryl methyl sites for hydroxylation is 1. The van der Waals surface area contributed by atoms with Gasteiger partial charge in [-0.1, -0.05) is 0 Å². The number of carbonyl (C=O) groups is 1. The Kier molecular flexibility index (Phi) is 3.13. The van der Waals surface area contributed by atoms with Crippen LogP contribution in [0, 0.1) is 19.7 Å². The standard InChI is InChI=1S/C15H12FN3O2/c1-8-12(7-20)9(2)17-13(8)15-19-18-14(21-15)10-3-5-11(16)6-4-10/h3-7,17H,1-2H3. The van der Waals surface area contributed by atoms with Gasteiger partial charge in [-0.05, 0) is 43.7 Å². The van der Waals surface area contributed by atoms with Crippen molar-refractivity contribution in [3.63, 3.8) is 0 Å². The van der Waals surface area contributed by atoms with E-state index in [0.29, 0.717) is 28.6 Å². The summed E-state index contributed by atoms with van der Waals surface area (Å²) in [4.78, 5) is 14.1. The van der Waals surface area contributed by atoms with Gasteiger partial charge in [0, 0.05) is 16.8 Å². The first-order valence-corrected chi connectivity index (χ1v) is 6.34. The molecule has 1 aromatic carbocycles. The summed E-state index contributed by atoms with van der Waals surface area (Å²) in [5.74, 6) is 0.261. The molecular weight excluding hydrogens is 273 g/mol. The highest BCUT2D eigenvalue weighted by Gasteiger charge is 2.18. The third-order valence-electron chi connectivity index (χ3n) is 3.34. The van der Waals surface area contributed by atoms with Gasteiger partial charge >= 0.3 is 0 Å². The molecule has 0 aliphatic rings. The van der Waals surface area contributed by atoms with Crippen LogP contribution in [-0.2, 0) is 0 Å². The average molecular weight is 285 g/mol. The molecule has 0 unspecified atom stereocenters. The van der Waals surface area contributed by atoms with E-state index in [1.54, 1.807) is 19.1 Å². The quantitative estimate of drug-likeness (QED) is 0.749. The molecule has 0 bridgehead atoms. The molecular formula is C15H12FN3O2. The van der Waals surface area contributed by atoms with Crippen molar-refractivity contribution >= 4 is 6.29 Å². The van der Waals surface area contributed by atoms with Crippen molar-refractivity contribution in [3.8, 4) is 23.0 Å². The summed E-state index contributed by atoms with van der Waals surface area (Å²) in [6.07, 6.45) is 0.794. The average Bonchev–Trinajstić information content (AvgIpc) is 3.05. The van der Waals surface area contributed by atoms with Gasteiger partial charge in [0.25, 0.3) is 5.89 Å². The number of carbonyl (C=O) groups excluding carboxylic acids is 1. The Hall–Kier alpha value is -2.76. The number of halogens is 1. The van der Waals surface area contributed by atoms with E-state index in [0.717, 1.165) is 17.5 Å². The van der Waals surface area contributed by atoms with E-state index < -0.39 is 0 Å². The van der Waals surface area contributed by atoms with Gasteiger partial charge < -0.3 is 9.40 Å². The third-order valence-corrected chi connectivity index (χ3v) is 3.34. The summed E-state index contributed by atoms with van der Waals surface area (Å²) in [5.41, 5.74) is 3.35. The smallest absolute Gasteiger partial charge is 0.264 e. The summed E-state index contributed by atoms with van der Waals surface area (Å²) in [6, 6.07) is 5.79. The minimum atomic E-state index is -0.329. The van der Waals surface area contributed by atoms with E-state index in [2.05, 4.69) is 15.2 Å². The number of nitrogens with one attached hydrogen (secondary N) is 1. The Bertz CT molecular complexity index is 803. The number of hydrogen-bond donors (Lipinski definition) is 1. The minimum absolute atomic E-state index is 0.294. The topological polar surface area (TPSA) is 71.8 Å². The van der Waals surface area contributed by atoms with Gasteiger partial charge in [0.05, 0.1) is 0 Å². The predicted molar refractivity (Wildman–Crippen MR) is 74.3 cm³/mol.